The molecule has 0 saturated carbocycles. The molecule has 1 aromatic carbocycles. The lowest BCUT2D eigenvalue weighted by atomic mass is 10.0. The molecule has 2 fully saturated rings. The topological polar surface area (TPSA) is 32.8 Å². The van der Waals surface area contributed by atoms with Gasteiger partial charge in [-0.05, 0) is 45.7 Å². The van der Waals surface area contributed by atoms with E-state index in [4.69, 9.17) is 4.74 Å². The highest BCUT2D eigenvalue weighted by atomic mass is 16.5. The van der Waals surface area contributed by atoms with Crippen LogP contribution in [-0.2, 0) is 4.74 Å². The first-order valence-corrected chi connectivity index (χ1v) is 8.78. The Morgan fingerprint density at radius 2 is 1.61 bits per heavy atom. The van der Waals surface area contributed by atoms with Crippen molar-refractivity contribution >= 4 is 5.91 Å². The van der Waals surface area contributed by atoms with Crippen LogP contribution in [0.15, 0.2) is 24.3 Å². The van der Waals surface area contributed by atoms with Gasteiger partial charge in [0.15, 0.2) is 0 Å². The van der Waals surface area contributed by atoms with Gasteiger partial charge in [-0.2, -0.15) is 0 Å². The average molecular weight is 316 g/mol. The van der Waals surface area contributed by atoms with Gasteiger partial charge in [-0.1, -0.05) is 17.7 Å². The molecular formula is C19H28N2O2. The molecule has 3 rings (SSSR count). The van der Waals surface area contributed by atoms with Crippen molar-refractivity contribution in [1.82, 2.24) is 9.80 Å². The molecule has 0 bridgehead atoms. The highest BCUT2D eigenvalue weighted by Gasteiger charge is 2.31. The van der Waals surface area contributed by atoms with Gasteiger partial charge in [0.2, 0.25) is 0 Å². The van der Waals surface area contributed by atoms with E-state index in [9.17, 15) is 4.79 Å². The molecule has 0 radical (unpaired) electrons. The van der Waals surface area contributed by atoms with Gasteiger partial charge in [0.1, 0.15) is 0 Å². The zero-order chi connectivity index (χ0) is 16.4. The zero-order valence-corrected chi connectivity index (χ0v) is 14.5. The summed E-state index contributed by atoms with van der Waals surface area (Å²) < 4.78 is 5.83. The van der Waals surface area contributed by atoms with Gasteiger partial charge in [0, 0.05) is 37.8 Å². The molecule has 0 spiro atoms. The summed E-state index contributed by atoms with van der Waals surface area (Å²) in [4.78, 5) is 17.2. The van der Waals surface area contributed by atoms with Crippen molar-refractivity contribution in [2.45, 2.75) is 51.9 Å². The Balaban J connectivity index is 1.55. The van der Waals surface area contributed by atoms with Gasteiger partial charge in [0.25, 0.3) is 5.91 Å². The number of hydrogen-bond donors (Lipinski definition) is 0. The Hall–Kier alpha value is -1.39. The second-order valence-corrected chi connectivity index (χ2v) is 7.10. The van der Waals surface area contributed by atoms with Crippen LogP contribution in [0.25, 0.3) is 0 Å². The molecule has 2 aliphatic heterocycles. The summed E-state index contributed by atoms with van der Waals surface area (Å²) in [7, 11) is 0. The first-order chi connectivity index (χ1) is 11.0. The molecule has 0 N–H and O–H groups in total. The summed E-state index contributed by atoms with van der Waals surface area (Å²) in [5.74, 6) is 0.173. The Morgan fingerprint density at radius 1 is 1.04 bits per heavy atom. The quantitative estimate of drug-likeness (QED) is 0.841. The van der Waals surface area contributed by atoms with E-state index in [0.29, 0.717) is 18.2 Å². The van der Waals surface area contributed by atoms with Crippen LogP contribution < -0.4 is 0 Å². The van der Waals surface area contributed by atoms with Gasteiger partial charge >= 0.3 is 0 Å². The summed E-state index contributed by atoms with van der Waals surface area (Å²) in [6.45, 7) is 10.1. The Bertz CT molecular complexity index is 525. The van der Waals surface area contributed by atoms with E-state index >= 15 is 0 Å². The van der Waals surface area contributed by atoms with Crippen molar-refractivity contribution in [2.24, 2.45) is 0 Å². The molecule has 4 heteroatoms. The van der Waals surface area contributed by atoms with Crippen LogP contribution >= 0.6 is 0 Å². The van der Waals surface area contributed by atoms with Crippen LogP contribution in [0.2, 0.25) is 0 Å². The van der Waals surface area contributed by atoms with E-state index in [-0.39, 0.29) is 5.91 Å². The molecule has 1 amide bonds. The highest BCUT2D eigenvalue weighted by Crippen LogP contribution is 2.22. The molecule has 2 aliphatic rings. The van der Waals surface area contributed by atoms with E-state index in [1.165, 1.54) is 5.56 Å². The lowest BCUT2D eigenvalue weighted by molar-refractivity contribution is -0.0856. The van der Waals surface area contributed by atoms with Crippen molar-refractivity contribution in [3.05, 3.63) is 35.4 Å². The molecule has 2 atom stereocenters. The summed E-state index contributed by atoms with van der Waals surface area (Å²) >= 11 is 0. The van der Waals surface area contributed by atoms with Gasteiger partial charge < -0.3 is 9.64 Å². The molecule has 4 nitrogen and oxygen atoms in total. The Kier molecular flexibility index (Phi) is 5.02. The van der Waals surface area contributed by atoms with Crippen LogP contribution in [0.4, 0.5) is 0 Å². The Morgan fingerprint density at radius 3 is 2.17 bits per heavy atom. The fourth-order valence-corrected chi connectivity index (χ4v) is 3.83. The van der Waals surface area contributed by atoms with Crippen LogP contribution in [0.5, 0.6) is 0 Å². The predicted molar refractivity (Wildman–Crippen MR) is 91.7 cm³/mol. The minimum atomic E-state index is 0.173. The average Bonchev–Trinajstić information content (AvgIpc) is 2.54. The Labute approximate surface area is 139 Å². The second-order valence-electron chi connectivity index (χ2n) is 7.10. The second kappa shape index (κ2) is 7.02. The van der Waals surface area contributed by atoms with Crippen molar-refractivity contribution in [3.63, 3.8) is 0 Å². The van der Waals surface area contributed by atoms with Gasteiger partial charge in [-0.25, -0.2) is 0 Å². The fraction of sp³-hybridized carbons (Fsp3) is 0.632. The predicted octanol–water partition coefficient (Wildman–Crippen LogP) is 2.71. The lowest BCUT2D eigenvalue weighted by Crippen LogP contribution is -2.53. The first kappa shape index (κ1) is 16.5. The number of carbonyl (C=O) groups is 1. The largest absolute Gasteiger partial charge is 0.373 e. The third kappa shape index (κ3) is 3.93. The molecule has 1 unspecified atom stereocenters. The summed E-state index contributed by atoms with van der Waals surface area (Å²) in [6.07, 6.45) is 2.76. The molecule has 0 aliphatic carbocycles. The van der Waals surface area contributed by atoms with Crippen LogP contribution in [0.3, 0.4) is 0 Å². The maximum Gasteiger partial charge on any atom is 0.253 e. The first-order valence-electron chi connectivity index (χ1n) is 8.78. The number of benzene rings is 1. The third-order valence-electron chi connectivity index (χ3n) is 5.01. The number of hydrogen-bond acceptors (Lipinski definition) is 3. The minimum Gasteiger partial charge on any atom is -0.373 e. The zero-order valence-electron chi connectivity index (χ0n) is 14.5. The van der Waals surface area contributed by atoms with Crippen LogP contribution in [0, 0.1) is 6.92 Å². The number of aryl methyl sites for hydroxylation is 1. The van der Waals surface area contributed by atoms with Crippen molar-refractivity contribution in [3.8, 4) is 0 Å². The molecule has 0 aromatic heterocycles. The van der Waals surface area contributed by atoms with E-state index in [0.717, 1.165) is 44.6 Å². The van der Waals surface area contributed by atoms with Crippen LogP contribution in [-0.4, -0.2) is 60.1 Å². The number of likely N-dealkylation sites (tertiary alicyclic amines) is 1. The standard InChI is InChI=1S/C19H28N2O2/c1-14-4-6-17(7-5-14)19(22)20-10-8-18(9-11-20)21-12-15(2)23-16(3)13-21/h4-7,15-16,18H,8-13H2,1-3H3/t15-,16?/m0/s1. The third-order valence-corrected chi connectivity index (χ3v) is 5.01. The SMILES string of the molecule is Cc1ccc(C(=O)N2CCC(N3CC(C)O[C@@H](C)C3)CC2)cc1. The molecular weight excluding hydrogens is 288 g/mol. The van der Waals surface area contributed by atoms with E-state index < -0.39 is 0 Å². The maximum atomic E-state index is 12.6. The number of carbonyl (C=O) groups excluding carboxylic acids is 1. The molecule has 2 saturated heterocycles. The molecule has 1 aromatic rings. The molecule has 126 valence electrons. The van der Waals surface area contributed by atoms with Crippen molar-refractivity contribution in [1.29, 1.82) is 0 Å². The van der Waals surface area contributed by atoms with Gasteiger partial charge in [-0.3, -0.25) is 9.69 Å². The maximum absolute atomic E-state index is 12.6. The minimum absolute atomic E-state index is 0.173. The number of amides is 1. The number of piperidine rings is 1. The van der Waals surface area contributed by atoms with E-state index in [2.05, 4.69) is 18.7 Å². The summed E-state index contributed by atoms with van der Waals surface area (Å²) in [5.41, 5.74) is 2.00. The van der Waals surface area contributed by atoms with Gasteiger partial charge in [0.05, 0.1) is 12.2 Å². The fourth-order valence-electron chi connectivity index (χ4n) is 3.83. The van der Waals surface area contributed by atoms with Gasteiger partial charge in [-0.15, -0.1) is 0 Å². The van der Waals surface area contributed by atoms with Crippen molar-refractivity contribution in [2.75, 3.05) is 26.2 Å². The normalized spacial score (nSPS) is 27.2. The lowest BCUT2D eigenvalue weighted by Gasteiger charge is -2.43. The smallest absolute Gasteiger partial charge is 0.253 e. The summed E-state index contributed by atoms with van der Waals surface area (Å²) in [5, 5.41) is 0. The highest BCUT2D eigenvalue weighted by molar-refractivity contribution is 5.94. The molecule has 2 heterocycles. The monoisotopic (exact) mass is 316 g/mol. The summed E-state index contributed by atoms with van der Waals surface area (Å²) in [6, 6.07) is 8.49. The number of rotatable bonds is 2. The van der Waals surface area contributed by atoms with E-state index in [1.54, 1.807) is 0 Å². The molecule has 23 heavy (non-hydrogen) atoms. The number of morpholine rings is 1. The number of nitrogens with zero attached hydrogens (tertiary/aromatic N) is 2. The number of ether oxygens (including phenoxy) is 1. The van der Waals surface area contributed by atoms with Crippen LogP contribution in [0.1, 0.15) is 42.6 Å². The van der Waals surface area contributed by atoms with Crippen molar-refractivity contribution < 1.29 is 9.53 Å². The van der Waals surface area contributed by atoms with E-state index in [1.807, 2.05) is 36.1 Å².